The van der Waals surface area contributed by atoms with Crippen molar-refractivity contribution in [3.63, 3.8) is 0 Å². The molecule has 0 spiro atoms. The van der Waals surface area contributed by atoms with Crippen LogP contribution in [0, 0.1) is 5.82 Å². The van der Waals surface area contributed by atoms with Crippen LogP contribution in [-0.4, -0.2) is 27.4 Å². The summed E-state index contributed by atoms with van der Waals surface area (Å²) in [6, 6.07) is 2.10. The second-order valence-corrected chi connectivity index (χ2v) is 4.67. The van der Waals surface area contributed by atoms with Gasteiger partial charge in [-0.25, -0.2) is 4.39 Å². The smallest absolute Gasteiger partial charge is 0.277 e. The van der Waals surface area contributed by atoms with Crippen molar-refractivity contribution in [1.29, 1.82) is 0 Å². The number of halogens is 3. The van der Waals surface area contributed by atoms with E-state index in [9.17, 15) is 9.18 Å². The second-order valence-electron chi connectivity index (χ2n) is 3.85. The van der Waals surface area contributed by atoms with Crippen molar-refractivity contribution in [2.24, 2.45) is 5.73 Å². The summed E-state index contributed by atoms with van der Waals surface area (Å²) in [5.74, 6) is -1.14. The molecule has 0 aliphatic rings. The predicted octanol–water partition coefficient (Wildman–Crippen LogP) is 1.93. The van der Waals surface area contributed by atoms with E-state index in [1.165, 1.54) is 10.9 Å². The van der Waals surface area contributed by atoms with Crippen molar-refractivity contribution >= 4 is 34.8 Å². The van der Waals surface area contributed by atoms with Gasteiger partial charge in [0.25, 0.3) is 5.91 Å². The molecule has 0 fully saturated rings. The molecular formula is C11H10Cl2FN5O. The number of nitrogens with two attached hydrogens (primary N) is 1. The first-order chi connectivity index (χ1) is 9.51. The Labute approximate surface area is 123 Å². The Bertz CT molecular complexity index is 622. The molecule has 1 aromatic heterocycles. The summed E-state index contributed by atoms with van der Waals surface area (Å²) in [6.45, 7) is 0.818. The van der Waals surface area contributed by atoms with Crippen LogP contribution in [0.1, 0.15) is 10.5 Å². The highest BCUT2D eigenvalue weighted by Gasteiger charge is 2.15. The van der Waals surface area contributed by atoms with Gasteiger partial charge in [-0.1, -0.05) is 28.4 Å². The molecule has 1 amide bonds. The number of carbonyl (C=O) groups is 1. The lowest BCUT2D eigenvalue weighted by molar-refractivity contribution is 0.102. The number of rotatable bonds is 4. The van der Waals surface area contributed by atoms with E-state index in [1.54, 1.807) is 0 Å². The van der Waals surface area contributed by atoms with Gasteiger partial charge in [0.1, 0.15) is 5.82 Å². The van der Waals surface area contributed by atoms with Crippen molar-refractivity contribution < 1.29 is 9.18 Å². The number of anilines is 1. The molecule has 2 rings (SSSR count). The molecular weight excluding hydrogens is 308 g/mol. The number of nitrogens with one attached hydrogen (secondary N) is 1. The van der Waals surface area contributed by atoms with Crippen molar-refractivity contribution in [2.45, 2.75) is 6.54 Å². The molecule has 0 atom stereocenters. The van der Waals surface area contributed by atoms with Gasteiger partial charge in [-0.05, 0) is 12.1 Å². The molecule has 0 saturated carbocycles. The average molecular weight is 318 g/mol. The van der Waals surface area contributed by atoms with Crippen molar-refractivity contribution in [1.82, 2.24) is 15.0 Å². The second kappa shape index (κ2) is 6.17. The highest BCUT2D eigenvalue weighted by molar-refractivity contribution is 6.40. The number of hydrogen-bond acceptors (Lipinski definition) is 4. The fourth-order valence-corrected chi connectivity index (χ4v) is 2.04. The van der Waals surface area contributed by atoms with Crippen LogP contribution < -0.4 is 11.1 Å². The third kappa shape index (κ3) is 3.24. The third-order valence-corrected chi connectivity index (χ3v) is 2.97. The van der Waals surface area contributed by atoms with Gasteiger partial charge in [-0.2, -0.15) is 0 Å². The van der Waals surface area contributed by atoms with Gasteiger partial charge >= 0.3 is 0 Å². The van der Waals surface area contributed by atoms with Gasteiger partial charge in [-0.3, -0.25) is 9.48 Å². The molecule has 20 heavy (non-hydrogen) atoms. The maximum absolute atomic E-state index is 13.0. The molecule has 0 unspecified atom stereocenters. The number of nitrogens with zero attached hydrogens (tertiary/aromatic N) is 3. The van der Waals surface area contributed by atoms with Crippen molar-refractivity contribution in [2.75, 3.05) is 11.9 Å². The van der Waals surface area contributed by atoms with Crippen LogP contribution in [0.15, 0.2) is 18.3 Å². The average Bonchev–Trinajstić information content (AvgIpc) is 2.82. The molecule has 106 valence electrons. The van der Waals surface area contributed by atoms with E-state index in [2.05, 4.69) is 15.6 Å². The molecule has 2 aromatic rings. The van der Waals surface area contributed by atoms with Crippen molar-refractivity contribution in [3.8, 4) is 0 Å². The number of amides is 1. The van der Waals surface area contributed by atoms with Gasteiger partial charge < -0.3 is 11.1 Å². The van der Waals surface area contributed by atoms with Crippen LogP contribution >= 0.6 is 23.2 Å². The summed E-state index contributed by atoms with van der Waals surface area (Å²) in [5, 5.41) is 9.88. The predicted molar refractivity (Wildman–Crippen MR) is 73.4 cm³/mol. The van der Waals surface area contributed by atoms with Crippen molar-refractivity contribution in [3.05, 3.63) is 39.9 Å². The number of benzene rings is 1. The Kier molecular flexibility index (Phi) is 4.53. The molecule has 0 saturated heterocycles. The topological polar surface area (TPSA) is 85.8 Å². The minimum absolute atomic E-state index is 0.00213. The Morgan fingerprint density at radius 1 is 1.40 bits per heavy atom. The fraction of sp³-hybridized carbons (Fsp3) is 0.182. The van der Waals surface area contributed by atoms with Crippen LogP contribution in [0.4, 0.5) is 10.1 Å². The number of hydrogen-bond donors (Lipinski definition) is 2. The van der Waals surface area contributed by atoms with E-state index in [0.717, 1.165) is 12.1 Å². The van der Waals surface area contributed by atoms with Gasteiger partial charge in [0.2, 0.25) is 0 Å². The third-order valence-electron chi connectivity index (χ3n) is 2.37. The van der Waals surface area contributed by atoms with Gasteiger partial charge in [0.15, 0.2) is 5.69 Å². The zero-order chi connectivity index (χ0) is 14.7. The minimum Gasteiger partial charge on any atom is -0.329 e. The molecule has 0 aliphatic carbocycles. The van der Waals surface area contributed by atoms with Crippen LogP contribution in [-0.2, 0) is 6.54 Å². The maximum Gasteiger partial charge on any atom is 0.277 e. The zero-order valence-corrected chi connectivity index (χ0v) is 11.6. The molecule has 3 N–H and O–H groups in total. The molecule has 1 aromatic carbocycles. The molecule has 9 heteroatoms. The Morgan fingerprint density at radius 3 is 2.65 bits per heavy atom. The Hall–Kier alpha value is -1.70. The van der Waals surface area contributed by atoms with E-state index >= 15 is 0 Å². The van der Waals surface area contributed by atoms with Gasteiger partial charge in [0, 0.05) is 6.54 Å². The summed E-state index contributed by atoms with van der Waals surface area (Å²) < 4.78 is 14.5. The minimum atomic E-state index is -0.591. The van der Waals surface area contributed by atoms with Crippen LogP contribution in [0.2, 0.25) is 10.0 Å². The number of carbonyl (C=O) groups excluding carboxylic acids is 1. The van der Waals surface area contributed by atoms with Crippen LogP contribution in [0.25, 0.3) is 0 Å². The molecule has 0 radical (unpaired) electrons. The summed E-state index contributed by atoms with van der Waals surface area (Å²) >= 11 is 11.6. The summed E-state index contributed by atoms with van der Waals surface area (Å²) in [7, 11) is 0. The maximum atomic E-state index is 13.0. The largest absolute Gasteiger partial charge is 0.329 e. The van der Waals surface area contributed by atoms with E-state index in [-0.39, 0.29) is 21.4 Å². The van der Waals surface area contributed by atoms with Gasteiger partial charge in [-0.15, -0.1) is 5.10 Å². The van der Waals surface area contributed by atoms with Crippen LogP contribution in [0.5, 0.6) is 0 Å². The Morgan fingerprint density at radius 2 is 2.05 bits per heavy atom. The van der Waals surface area contributed by atoms with E-state index in [4.69, 9.17) is 28.9 Å². The highest BCUT2D eigenvalue weighted by atomic mass is 35.5. The quantitative estimate of drug-likeness (QED) is 0.902. The first-order valence-corrected chi connectivity index (χ1v) is 6.33. The normalized spacial score (nSPS) is 10.6. The summed E-state index contributed by atoms with van der Waals surface area (Å²) in [5.41, 5.74) is 5.56. The standard InChI is InChI=1S/C11H10Cl2FN5O/c12-7-3-6(14)4-8(13)10(7)16-11(20)9-5-19(2-1-15)18-17-9/h3-5H,1-2,15H2,(H,16,20). The highest BCUT2D eigenvalue weighted by Crippen LogP contribution is 2.31. The Balaban J connectivity index is 2.19. The summed E-state index contributed by atoms with van der Waals surface area (Å²) in [6.07, 6.45) is 1.44. The van der Waals surface area contributed by atoms with E-state index in [1.807, 2.05) is 0 Å². The number of aromatic nitrogens is 3. The molecule has 6 nitrogen and oxygen atoms in total. The first-order valence-electron chi connectivity index (χ1n) is 5.57. The fourth-order valence-electron chi connectivity index (χ4n) is 1.48. The first kappa shape index (κ1) is 14.7. The summed E-state index contributed by atoms with van der Waals surface area (Å²) in [4.78, 5) is 12.0. The van der Waals surface area contributed by atoms with E-state index in [0.29, 0.717) is 13.1 Å². The van der Waals surface area contributed by atoms with E-state index < -0.39 is 11.7 Å². The zero-order valence-electron chi connectivity index (χ0n) is 10.1. The lowest BCUT2D eigenvalue weighted by Crippen LogP contribution is -2.13. The lowest BCUT2D eigenvalue weighted by atomic mass is 10.3. The molecule has 0 bridgehead atoms. The monoisotopic (exact) mass is 317 g/mol. The van der Waals surface area contributed by atoms with Crippen LogP contribution in [0.3, 0.4) is 0 Å². The van der Waals surface area contributed by atoms with Gasteiger partial charge in [0.05, 0.1) is 28.5 Å². The SMILES string of the molecule is NCCn1cc(C(=O)Nc2c(Cl)cc(F)cc2Cl)nn1. The molecule has 0 aliphatic heterocycles. The molecule has 1 heterocycles. The lowest BCUT2D eigenvalue weighted by Gasteiger charge is -2.07.